The second-order valence-electron chi connectivity index (χ2n) is 4.15. The van der Waals surface area contributed by atoms with E-state index in [1.165, 1.54) is 18.2 Å². The van der Waals surface area contributed by atoms with Gasteiger partial charge >= 0.3 is 11.7 Å². The summed E-state index contributed by atoms with van der Waals surface area (Å²) in [5, 5.41) is 19.7. The normalized spacial score (nSPS) is 10.4. The third-order valence-electron chi connectivity index (χ3n) is 2.65. The summed E-state index contributed by atoms with van der Waals surface area (Å²) < 4.78 is 19.1. The summed E-state index contributed by atoms with van der Waals surface area (Å²) in [6.07, 6.45) is 0. The molecule has 0 saturated heterocycles. The van der Waals surface area contributed by atoms with E-state index in [0.717, 1.165) is 22.3 Å². The monoisotopic (exact) mass is 311 g/mol. The van der Waals surface area contributed by atoms with Crippen molar-refractivity contribution in [2.45, 2.75) is 13.5 Å². The van der Waals surface area contributed by atoms with E-state index in [1.54, 1.807) is 6.92 Å². The molecule has 0 bridgehead atoms. The molecule has 0 radical (unpaired) electrons. The van der Waals surface area contributed by atoms with E-state index < -0.39 is 22.4 Å². The van der Waals surface area contributed by atoms with Gasteiger partial charge in [0.15, 0.2) is 4.88 Å². The van der Waals surface area contributed by atoms with Crippen molar-refractivity contribution in [3.63, 3.8) is 0 Å². The van der Waals surface area contributed by atoms with Gasteiger partial charge in [-0.1, -0.05) is 12.1 Å². The van der Waals surface area contributed by atoms with Gasteiger partial charge in [-0.2, -0.15) is 4.39 Å². The van der Waals surface area contributed by atoms with E-state index in [1.807, 2.05) is 0 Å². The van der Waals surface area contributed by atoms with Gasteiger partial charge in [-0.15, -0.1) is 11.3 Å². The third kappa shape index (κ3) is 3.16. The second kappa shape index (κ2) is 5.88. The number of aryl methyl sites for hydroxylation is 1. The number of carbonyl (C=O) groups is 1. The number of nitro benzene ring substituents is 1. The summed E-state index contributed by atoms with van der Waals surface area (Å²) in [6, 6.07) is 5.28. The van der Waals surface area contributed by atoms with Gasteiger partial charge in [-0.25, -0.2) is 4.79 Å². The van der Waals surface area contributed by atoms with Gasteiger partial charge in [0.2, 0.25) is 5.82 Å². The number of benzene rings is 1. The minimum absolute atomic E-state index is 0.00982. The SMILES string of the molecule is Cc1cc(OCc2cccc([N+](=O)[O-])c2F)c(C(=O)O)s1. The van der Waals surface area contributed by atoms with Gasteiger partial charge in [0.25, 0.3) is 0 Å². The molecule has 0 spiro atoms. The quantitative estimate of drug-likeness (QED) is 0.675. The minimum Gasteiger partial charge on any atom is -0.487 e. The fraction of sp³-hybridized carbons (Fsp3) is 0.154. The summed E-state index contributed by atoms with van der Waals surface area (Å²) in [5.41, 5.74) is -0.652. The molecule has 0 aliphatic carbocycles. The fourth-order valence-electron chi connectivity index (χ4n) is 1.72. The zero-order valence-electron chi connectivity index (χ0n) is 10.8. The fourth-order valence-corrected chi connectivity index (χ4v) is 2.52. The summed E-state index contributed by atoms with van der Waals surface area (Å²) in [4.78, 5) is 21.6. The first kappa shape index (κ1) is 14.9. The van der Waals surface area contributed by atoms with Crippen LogP contribution in [0, 0.1) is 22.9 Å². The zero-order valence-corrected chi connectivity index (χ0v) is 11.6. The molecule has 1 aromatic heterocycles. The Bertz CT molecular complexity index is 713. The molecule has 0 saturated carbocycles. The number of carboxylic acid groups (broad SMARTS) is 1. The van der Waals surface area contributed by atoms with Crippen molar-refractivity contribution in [2.24, 2.45) is 0 Å². The van der Waals surface area contributed by atoms with Crippen LogP contribution in [0.4, 0.5) is 10.1 Å². The highest BCUT2D eigenvalue weighted by Crippen LogP contribution is 2.30. The molecule has 0 amide bonds. The molecule has 6 nitrogen and oxygen atoms in total. The molecule has 2 aromatic rings. The summed E-state index contributed by atoms with van der Waals surface area (Å²) in [7, 11) is 0. The maximum atomic E-state index is 13.9. The predicted molar refractivity (Wildman–Crippen MR) is 73.4 cm³/mol. The molecule has 8 heteroatoms. The van der Waals surface area contributed by atoms with Crippen LogP contribution in [0.15, 0.2) is 24.3 Å². The lowest BCUT2D eigenvalue weighted by Gasteiger charge is -2.06. The molecule has 0 atom stereocenters. The van der Waals surface area contributed by atoms with Crippen molar-refractivity contribution in [3.8, 4) is 5.75 Å². The van der Waals surface area contributed by atoms with Gasteiger partial charge in [0.05, 0.1) is 4.92 Å². The first-order valence-electron chi connectivity index (χ1n) is 5.78. The molecule has 110 valence electrons. The largest absolute Gasteiger partial charge is 0.487 e. The van der Waals surface area contributed by atoms with Crippen molar-refractivity contribution in [2.75, 3.05) is 0 Å². The second-order valence-corrected chi connectivity index (χ2v) is 5.41. The van der Waals surface area contributed by atoms with Crippen LogP contribution < -0.4 is 4.74 Å². The molecule has 1 heterocycles. The summed E-state index contributed by atoms with van der Waals surface area (Å²) in [6.45, 7) is 1.43. The first-order valence-corrected chi connectivity index (χ1v) is 6.60. The first-order chi connectivity index (χ1) is 9.90. The molecular formula is C13H10FNO5S. The van der Waals surface area contributed by atoms with E-state index in [2.05, 4.69) is 0 Å². The number of aromatic carboxylic acids is 1. The van der Waals surface area contributed by atoms with Gasteiger partial charge in [0, 0.05) is 16.5 Å². The Kier molecular flexibility index (Phi) is 4.18. The van der Waals surface area contributed by atoms with E-state index >= 15 is 0 Å². The Morgan fingerprint density at radius 1 is 1.52 bits per heavy atom. The maximum absolute atomic E-state index is 13.9. The zero-order chi connectivity index (χ0) is 15.6. The number of nitrogens with zero attached hydrogens (tertiary/aromatic N) is 1. The Morgan fingerprint density at radius 3 is 2.86 bits per heavy atom. The van der Waals surface area contributed by atoms with E-state index in [0.29, 0.717) is 0 Å². The van der Waals surface area contributed by atoms with Gasteiger partial charge in [-0.3, -0.25) is 10.1 Å². The van der Waals surface area contributed by atoms with Gasteiger partial charge in [-0.05, 0) is 13.0 Å². The minimum atomic E-state index is -1.14. The maximum Gasteiger partial charge on any atom is 0.349 e. The molecular weight excluding hydrogens is 301 g/mol. The van der Waals surface area contributed by atoms with Crippen molar-refractivity contribution < 1.29 is 24.0 Å². The highest BCUT2D eigenvalue weighted by Gasteiger charge is 2.19. The van der Waals surface area contributed by atoms with Gasteiger partial charge < -0.3 is 9.84 Å². The molecule has 2 rings (SSSR count). The lowest BCUT2D eigenvalue weighted by Crippen LogP contribution is -2.03. The number of thiophene rings is 1. The average molecular weight is 311 g/mol. The number of carboxylic acids is 1. The number of hydrogen-bond acceptors (Lipinski definition) is 5. The molecule has 1 aromatic carbocycles. The standard InChI is InChI=1S/C13H10FNO5S/c1-7-5-10(12(21-7)13(16)17)20-6-8-3-2-4-9(11(8)14)15(18)19/h2-5H,6H2,1H3,(H,16,17). The van der Waals surface area contributed by atoms with Crippen LogP contribution in [0.3, 0.4) is 0 Å². The molecule has 0 aliphatic rings. The average Bonchev–Trinajstić information content (AvgIpc) is 2.78. The Hall–Kier alpha value is -2.48. The van der Waals surface area contributed by atoms with Crippen molar-refractivity contribution in [1.82, 2.24) is 0 Å². The number of ether oxygens (including phenoxy) is 1. The van der Waals surface area contributed by atoms with Crippen LogP contribution >= 0.6 is 11.3 Å². The number of rotatable bonds is 5. The summed E-state index contributed by atoms with van der Waals surface area (Å²) >= 11 is 1.04. The van der Waals surface area contributed by atoms with Crippen molar-refractivity contribution in [3.05, 3.63) is 55.5 Å². The van der Waals surface area contributed by atoms with Gasteiger partial charge in [0.1, 0.15) is 12.4 Å². The molecule has 0 unspecified atom stereocenters. The lowest BCUT2D eigenvalue weighted by atomic mass is 10.2. The highest BCUT2D eigenvalue weighted by molar-refractivity contribution is 7.14. The van der Waals surface area contributed by atoms with Crippen LogP contribution in [-0.4, -0.2) is 16.0 Å². The Labute approximate surface area is 122 Å². The van der Waals surface area contributed by atoms with Crippen LogP contribution in [-0.2, 0) is 6.61 Å². The Balaban J connectivity index is 2.23. The Morgan fingerprint density at radius 2 is 2.24 bits per heavy atom. The van der Waals surface area contributed by atoms with Crippen LogP contribution in [0.2, 0.25) is 0 Å². The third-order valence-corrected chi connectivity index (χ3v) is 3.67. The lowest BCUT2D eigenvalue weighted by molar-refractivity contribution is -0.387. The topological polar surface area (TPSA) is 89.7 Å². The molecule has 0 fully saturated rings. The highest BCUT2D eigenvalue weighted by atomic mass is 32.1. The molecule has 1 N–H and O–H groups in total. The van der Waals surface area contributed by atoms with Crippen LogP contribution in [0.25, 0.3) is 0 Å². The van der Waals surface area contributed by atoms with E-state index in [-0.39, 0.29) is 22.8 Å². The van der Waals surface area contributed by atoms with Crippen LogP contribution in [0.1, 0.15) is 20.1 Å². The van der Waals surface area contributed by atoms with E-state index in [9.17, 15) is 19.3 Å². The number of halogens is 1. The summed E-state index contributed by atoms with van der Waals surface area (Å²) in [5.74, 6) is -2.00. The van der Waals surface area contributed by atoms with E-state index in [4.69, 9.17) is 9.84 Å². The molecule has 0 aliphatic heterocycles. The van der Waals surface area contributed by atoms with Crippen molar-refractivity contribution >= 4 is 23.0 Å². The van der Waals surface area contributed by atoms with Crippen molar-refractivity contribution in [1.29, 1.82) is 0 Å². The molecule has 21 heavy (non-hydrogen) atoms. The predicted octanol–water partition coefficient (Wildman–Crippen LogP) is 3.38. The number of hydrogen-bond donors (Lipinski definition) is 1. The van der Waals surface area contributed by atoms with Crippen LogP contribution in [0.5, 0.6) is 5.75 Å². The smallest absolute Gasteiger partial charge is 0.349 e. The number of nitro groups is 1.